The van der Waals surface area contributed by atoms with Crippen LogP contribution < -0.4 is 15.8 Å². The molecule has 6 heteroatoms. The lowest BCUT2D eigenvalue weighted by Crippen LogP contribution is -2.41. The number of hydrogen-bond acceptors (Lipinski definition) is 2. The fourth-order valence-corrected chi connectivity index (χ4v) is 2.70. The third kappa shape index (κ3) is 6.60. The highest BCUT2D eigenvalue weighted by atomic mass is 127. The number of ether oxygens (including phenoxy) is 1. The first-order chi connectivity index (χ1) is 10.1. The Balaban J connectivity index is 0.00000242. The molecule has 0 spiro atoms. The fourth-order valence-electron chi connectivity index (χ4n) is 2.52. The minimum Gasteiger partial charge on any atom is -0.487 e. The molecule has 1 atom stereocenters. The number of rotatable bonds is 5. The van der Waals surface area contributed by atoms with Gasteiger partial charge in [-0.15, -0.1) is 24.0 Å². The molecule has 1 aromatic carbocycles. The largest absolute Gasteiger partial charge is 0.487 e. The van der Waals surface area contributed by atoms with Gasteiger partial charge in [-0.25, -0.2) is 4.99 Å². The molecule has 0 bridgehead atoms. The van der Waals surface area contributed by atoms with Gasteiger partial charge in [-0.1, -0.05) is 43.0 Å². The van der Waals surface area contributed by atoms with E-state index in [-0.39, 0.29) is 30.1 Å². The van der Waals surface area contributed by atoms with Crippen LogP contribution >= 0.6 is 35.6 Å². The average Bonchev–Trinajstić information content (AvgIpc) is 2.49. The van der Waals surface area contributed by atoms with Crippen LogP contribution in [0.25, 0.3) is 0 Å². The molecule has 1 aliphatic carbocycles. The number of hydrogen-bond donors (Lipinski definition) is 2. The van der Waals surface area contributed by atoms with Gasteiger partial charge in [0.05, 0.1) is 11.6 Å². The predicted molar refractivity (Wildman–Crippen MR) is 103 cm³/mol. The van der Waals surface area contributed by atoms with Gasteiger partial charge in [0.2, 0.25) is 0 Å². The third-order valence-electron chi connectivity index (χ3n) is 3.64. The second-order valence-electron chi connectivity index (χ2n) is 5.56. The molecule has 22 heavy (non-hydrogen) atoms. The summed E-state index contributed by atoms with van der Waals surface area (Å²) in [6.45, 7) is 2.47. The number of benzene rings is 1. The summed E-state index contributed by atoms with van der Waals surface area (Å²) in [5.41, 5.74) is 5.93. The van der Waals surface area contributed by atoms with Crippen molar-refractivity contribution in [2.24, 2.45) is 10.7 Å². The third-order valence-corrected chi connectivity index (χ3v) is 3.95. The number of nitrogens with two attached hydrogens (primary N) is 1. The van der Waals surface area contributed by atoms with Gasteiger partial charge < -0.3 is 15.8 Å². The zero-order valence-electron chi connectivity index (χ0n) is 12.9. The summed E-state index contributed by atoms with van der Waals surface area (Å²) < 4.78 is 5.76. The second kappa shape index (κ2) is 10.2. The van der Waals surface area contributed by atoms with E-state index in [4.69, 9.17) is 22.1 Å². The molecule has 124 valence electrons. The van der Waals surface area contributed by atoms with E-state index in [0.29, 0.717) is 29.3 Å². The van der Waals surface area contributed by atoms with Gasteiger partial charge in [-0.05, 0) is 31.9 Å². The van der Waals surface area contributed by atoms with Crippen molar-refractivity contribution in [3.8, 4) is 5.75 Å². The van der Waals surface area contributed by atoms with Crippen LogP contribution in [-0.4, -0.2) is 24.7 Å². The predicted octanol–water partition coefficient (Wildman–Crippen LogP) is 3.96. The Kier molecular flexibility index (Phi) is 8.93. The molecule has 1 aliphatic rings. The normalized spacial score (nSPS) is 17.5. The van der Waals surface area contributed by atoms with E-state index >= 15 is 0 Å². The summed E-state index contributed by atoms with van der Waals surface area (Å²) in [5.74, 6) is 1.19. The molecule has 0 aliphatic heterocycles. The van der Waals surface area contributed by atoms with Gasteiger partial charge in [-0.3, -0.25) is 0 Å². The first-order valence-electron chi connectivity index (χ1n) is 7.63. The van der Waals surface area contributed by atoms with E-state index in [1.807, 2.05) is 31.2 Å². The maximum atomic E-state index is 6.06. The molecule has 2 rings (SSSR count). The highest BCUT2D eigenvalue weighted by Gasteiger charge is 2.13. The number of halogens is 2. The topological polar surface area (TPSA) is 59.6 Å². The van der Waals surface area contributed by atoms with E-state index < -0.39 is 0 Å². The molecule has 1 unspecified atom stereocenters. The molecule has 1 saturated carbocycles. The van der Waals surface area contributed by atoms with Crippen LogP contribution in [-0.2, 0) is 0 Å². The zero-order chi connectivity index (χ0) is 15.1. The van der Waals surface area contributed by atoms with Crippen molar-refractivity contribution in [1.82, 2.24) is 5.32 Å². The molecule has 4 nitrogen and oxygen atoms in total. The van der Waals surface area contributed by atoms with Gasteiger partial charge in [0.25, 0.3) is 0 Å². The maximum Gasteiger partial charge on any atom is 0.188 e. The molecule has 1 fully saturated rings. The van der Waals surface area contributed by atoms with Crippen molar-refractivity contribution in [3.63, 3.8) is 0 Å². The Morgan fingerprint density at radius 3 is 2.73 bits per heavy atom. The van der Waals surface area contributed by atoms with Crippen molar-refractivity contribution in [2.75, 3.05) is 6.54 Å². The maximum absolute atomic E-state index is 6.06. The number of para-hydroxylation sites is 1. The molecule has 0 radical (unpaired) electrons. The molecule has 0 amide bonds. The lowest BCUT2D eigenvalue weighted by molar-refractivity contribution is 0.230. The summed E-state index contributed by atoms with van der Waals surface area (Å²) >= 11 is 6.06. The minimum atomic E-state index is -0.0726. The highest BCUT2D eigenvalue weighted by molar-refractivity contribution is 14.0. The summed E-state index contributed by atoms with van der Waals surface area (Å²) in [6.07, 6.45) is 6.17. The lowest BCUT2D eigenvalue weighted by atomic mass is 9.96. The zero-order valence-corrected chi connectivity index (χ0v) is 16.0. The number of nitrogens with one attached hydrogen (secondary N) is 1. The molecule has 0 aromatic heterocycles. The van der Waals surface area contributed by atoms with Gasteiger partial charge in [0.1, 0.15) is 11.9 Å². The van der Waals surface area contributed by atoms with Crippen molar-refractivity contribution >= 4 is 41.5 Å². The molecule has 0 heterocycles. The smallest absolute Gasteiger partial charge is 0.188 e. The average molecular weight is 438 g/mol. The van der Waals surface area contributed by atoms with Crippen molar-refractivity contribution < 1.29 is 4.74 Å². The molecular formula is C16H25ClIN3O. The van der Waals surface area contributed by atoms with E-state index in [2.05, 4.69) is 10.3 Å². The molecule has 3 N–H and O–H groups in total. The van der Waals surface area contributed by atoms with Crippen LogP contribution in [0.1, 0.15) is 39.0 Å². The first-order valence-corrected chi connectivity index (χ1v) is 8.00. The van der Waals surface area contributed by atoms with Gasteiger partial charge >= 0.3 is 0 Å². The molecular weight excluding hydrogens is 413 g/mol. The Hall–Kier alpha value is -0.690. The summed E-state index contributed by atoms with van der Waals surface area (Å²) in [7, 11) is 0. The van der Waals surface area contributed by atoms with Crippen LogP contribution in [0, 0.1) is 0 Å². The highest BCUT2D eigenvalue weighted by Crippen LogP contribution is 2.24. The summed E-state index contributed by atoms with van der Waals surface area (Å²) in [5, 5.41) is 3.91. The first kappa shape index (κ1) is 19.4. The monoisotopic (exact) mass is 437 g/mol. The molecule has 0 saturated heterocycles. The molecule has 1 aromatic rings. The van der Waals surface area contributed by atoms with Crippen LogP contribution in [0.15, 0.2) is 29.3 Å². The van der Waals surface area contributed by atoms with Crippen molar-refractivity contribution in [2.45, 2.75) is 51.2 Å². The van der Waals surface area contributed by atoms with Crippen LogP contribution in [0.2, 0.25) is 5.02 Å². The van der Waals surface area contributed by atoms with Gasteiger partial charge in [0.15, 0.2) is 5.96 Å². The fraction of sp³-hybridized carbons (Fsp3) is 0.562. The number of guanidine groups is 1. The SMILES string of the molecule is CC(CN=C(N)NC1CCCCC1)Oc1ccccc1Cl.I. The Labute approximate surface area is 154 Å². The quantitative estimate of drug-likeness (QED) is 0.416. The second-order valence-corrected chi connectivity index (χ2v) is 5.97. The van der Waals surface area contributed by atoms with E-state index in [1.54, 1.807) is 0 Å². The lowest BCUT2D eigenvalue weighted by Gasteiger charge is -2.23. The Bertz CT molecular complexity index is 478. The van der Waals surface area contributed by atoms with Crippen molar-refractivity contribution in [1.29, 1.82) is 0 Å². The standard InChI is InChI=1S/C16H24ClN3O.HI/c1-12(21-15-10-6-5-9-14(15)17)11-19-16(18)20-13-7-3-2-4-8-13;/h5-6,9-10,12-13H,2-4,7-8,11H2,1H3,(H3,18,19,20);1H. The minimum absolute atomic E-state index is 0. The van der Waals surface area contributed by atoms with Gasteiger partial charge in [-0.2, -0.15) is 0 Å². The summed E-state index contributed by atoms with van der Waals surface area (Å²) in [4.78, 5) is 4.36. The van der Waals surface area contributed by atoms with Crippen LogP contribution in [0.4, 0.5) is 0 Å². The van der Waals surface area contributed by atoms with E-state index in [0.717, 1.165) is 0 Å². The Morgan fingerprint density at radius 1 is 1.36 bits per heavy atom. The van der Waals surface area contributed by atoms with E-state index in [9.17, 15) is 0 Å². The van der Waals surface area contributed by atoms with Crippen LogP contribution in [0.5, 0.6) is 5.75 Å². The summed E-state index contributed by atoms with van der Waals surface area (Å²) in [6, 6.07) is 7.92. The number of aliphatic imine (C=N–C) groups is 1. The van der Waals surface area contributed by atoms with Crippen molar-refractivity contribution in [3.05, 3.63) is 29.3 Å². The Morgan fingerprint density at radius 2 is 2.05 bits per heavy atom. The van der Waals surface area contributed by atoms with E-state index in [1.165, 1.54) is 32.1 Å². The van der Waals surface area contributed by atoms with Crippen LogP contribution in [0.3, 0.4) is 0 Å². The number of nitrogens with zero attached hydrogens (tertiary/aromatic N) is 1. The van der Waals surface area contributed by atoms with Gasteiger partial charge in [0, 0.05) is 6.04 Å².